The number of anilines is 1. The van der Waals surface area contributed by atoms with Crippen molar-refractivity contribution in [2.75, 3.05) is 31.7 Å². The largest absolute Gasteiger partial charge is 0.396 e. The Bertz CT molecular complexity index is 586. The summed E-state index contributed by atoms with van der Waals surface area (Å²) in [5.74, 6) is 0.822. The van der Waals surface area contributed by atoms with Crippen LogP contribution in [0.3, 0.4) is 0 Å². The molecule has 0 saturated carbocycles. The molecule has 0 radical (unpaired) electrons. The van der Waals surface area contributed by atoms with Crippen molar-refractivity contribution in [3.63, 3.8) is 0 Å². The van der Waals surface area contributed by atoms with Crippen LogP contribution in [-0.4, -0.2) is 41.4 Å². The van der Waals surface area contributed by atoms with Crippen LogP contribution >= 0.6 is 0 Å². The zero-order chi connectivity index (χ0) is 13.3. The Labute approximate surface area is 111 Å². The van der Waals surface area contributed by atoms with Gasteiger partial charge in [-0.05, 0) is 18.6 Å². The molecule has 2 heterocycles. The molecular weight excluding hydrogens is 242 g/mol. The Hall–Kier alpha value is -1.72. The highest BCUT2D eigenvalue weighted by molar-refractivity contribution is 5.91. The third-order valence-electron chi connectivity index (χ3n) is 3.65. The number of nitrogens with one attached hydrogen (secondary N) is 1. The molecule has 2 aromatic rings. The molecule has 0 unspecified atom stereocenters. The number of aromatic nitrogens is 2. The Morgan fingerprint density at radius 2 is 2.21 bits per heavy atom. The molecule has 3 rings (SSSR count). The van der Waals surface area contributed by atoms with Gasteiger partial charge in [-0.15, -0.1) is 0 Å². The molecule has 1 aromatic carbocycles. The first-order valence-corrected chi connectivity index (χ1v) is 6.37. The number of nitrogens with zero attached hydrogens (tertiary/aromatic N) is 2. The molecule has 0 bridgehead atoms. The molecule has 1 aliphatic rings. The lowest BCUT2D eigenvalue weighted by molar-refractivity contribution is -0.128. The SMILES string of the molecule is Cc1cccc2ncnc(NCC3(CO)COC3)c12. The summed E-state index contributed by atoms with van der Waals surface area (Å²) in [6.45, 7) is 4.02. The fourth-order valence-electron chi connectivity index (χ4n) is 2.33. The fourth-order valence-corrected chi connectivity index (χ4v) is 2.33. The maximum absolute atomic E-state index is 9.43. The van der Waals surface area contributed by atoms with Crippen molar-refractivity contribution in [3.8, 4) is 0 Å². The molecule has 2 N–H and O–H groups in total. The Balaban J connectivity index is 1.89. The third-order valence-corrected chi connectivity index (χ3v) is 3.65. The van der Waals surface area contributed by atoms with Gasteiger partial charge in [0.25, 0.3) is 0 Å². The number of hydrogen-bond donors (Lipinski definition) is 2. The van der Waals surface area contributed by atoms with Gasteiger partial charge < -0.3 is 15.2 Å². The van der Waals surface area contributed by atoms with Crippen LogP contribution in [0.2, 0.25) is 0 Å². The van der Waals surface area contributed by atoms with Gasteiger partial charge in [0.2, 0.25) is 0 Å². The zero-order valence-corrected chi connectivity index (χ0v) is 10.9. The number of fused-ring (bicyclic) bond motifs is 1. The molecule has 0 spiro atoms. The fraction of sp³-hybridized carbons (Fsp3) is 0.429. The summed E-state index contributed by atoms with van der Waals surface area (Å²) in [6, 6.07) is 6.01. The smallest absolute Gasteiger partial charge is 0.137 e. The molecule has 5 heteroatoms. The molecule has 1 aromatic heterocycles. The lowest BCUT2D eigenvalue weighted by Gasteiger charge is -2.40. The highest BCUT2D eigenvalue weighted by Gasteiger charge is 2.38. The van der Waals surface area contributed by atoms with Crippen molar-refractivity contribution < 1.29 is 9.84 Å². The number of rotatable bonds is 4. The van der Waals surface area contributed by atoms with Gasteiger partial charge in [0, 0.05) is 11.9 Å². The highest BCUT2D eigenvalue weighted by atomic mass is 16.5. The number of ether oxygens (including phenoxy) is 1. The summed E-state index contributed by atoms with van der Waals surface area (Å²) < 4.78 is 5.20. The average Bonchev–Trinajstić information content (AvgIpc) is 2.38. The van der Waals surface area contributed by atoms with Crippen molar-refractivity contribution in [2.24, 2.45) is 5.41 Å². The molecule has 19 heavy (non-hydrogen) atoms. The van der Waals surface area contributed by atoms with Crippen LogP contribution in [0.4, 0.5) is 5.82 Å². The number of aliphatic hydroxyl groups excluding tert-OH is 1. The van der Waals surface area contributed by atoms with Crippen molar-refractivity contribution in [1.29, 1.82) is 0 Å². The standard InChI is InChI=1S/C14H17N3O2/c1-10-3-2-4-11-12(10)13(17-9-16-11)15-5-14(6-18)7-19-8-14/h2-4,9,18H,5-8H2,1H3,(H,15,16,17). The Kier molecular flexibility index (Phi) is 3.08. The quantitative estimate of drug-likeness (QED) is 0.867. The first kappa shape index (κ1) is 12.3. The Morgan fingerprint density at radius 3 is 2.89 bits per heavy atom. The van der Waals surface area contributed by atoms with Gasteiger partial charge in [-0.25, -0.2) is 9.97 Å². The van der Waals surface area contributed by atoms with Crippen LogP contribution in [-0.2, 0) is 4.74 Å². The van der Waals surface area contributed by atoms with Crippen molar-refractivity contribution in [1.82, 2.24) is 9.97 Å². The van der Waals surface area contributed by atoms with Crippen LogP contribution in [0.1, 0.15) is 5.56 Å². The maximum Gasteiger partial charge on any atom is 0.137 e. The van der Waals surface area contributed by atoms with E-state index >= 15 is 0 Å². The van der Waals surface area contributed by atoms with Crippen molar-refractivity contribution in [2.45, 2.75) is 6.92 Å². The van der Waals surface area contributed by atoms with E-state index in [9.17, 15) is 5.11 Å². The molecule has 1 aliphatic heterocycles. The third kappa shape index (κ3) is 2.15. The summed E-state index contributed by atoms with van der Waals surface area (Å²) in [4.78, 5) is 8.60. The summed E-state index contributed by atoms with van der Waals surface area (Å²) in [5.41, 5.74) is 1.91. The molecule has 0 aliphatic carbocycles. The van der Waals surface area contributed by atoms with E-state index in [-0.39, 0.29) is 12.0 Å². The highest BCUT2D eigenvalue weighted by Crippen LogP contribution is 2.29. The summed E-state index contributed by atoms with van der Waals surface area (Å²) in [6.07, 6.45) is 1.56. The molecule has 0 amide bonds. The van der Waals surface area contributed by atoms with Gasteiger partial charge in [0.15, 0.2) is 0 Å². The van der Waals surface area contributed by atoms with Gasteiger partial charge in [-0.2, -0.15) is 0 Å². The van der Waals surface area contributed by atoms with Crippen molar-refractivity contribution in [3.05, 3.63) is 30.1 Å². The van der Waals surface area contributed by atoms with E-state index in [1.807, 2.05) is 25.1 Å². The van der Waals surface area contributed by atoms with E-state index in [0.29, 0.717) is 19.8 Å². The van der Waals surface area contributed by atoms with E-state index in [2.05, 4.69) is 15.3 Å². The number of benzene rings is 1. The van der Waals surface area contributed by atoms with Gasteiger partial charge in [-0.1, -0.05) is 12.1 Å². The van der Waals surface area contributed by atoms with Crippen LogP contribution in [0.5, 0.6) is 0 Å². The summed E-state index contributed by atoms with van der Waals surface area (Å²) in [5, 5.41) is 13.8. The van der Waals surface area contributed by atoms with E-state index in [1.54, 1.807) is 6.33 Å². The minimum Gasteiger partial charge on any atom is -0.396 e. The summed E-state index contributed by atoms with van der Waals surface area (Å²) in [7, 11) is 0. The van der Waals surface area contributed by atoms with E-state index in [0.717, 1.165) is 22.3 Å². The normalized spacial score (nSPS) is 17.2. The average molecular weight is 259 g/mol. The molecule has 1 fully saturated rings. The predicted octanol–water partition coefficient (Wildman–Crippen LogP) is 1.36. The first-order chi connectivity index (χ1) is 9.24. The van der Waals surface area contributed by atoms with Gasteiger partial charge in [-0.3, -0.25) is 0 Å². The topological polar surface area (TPSA) is 67.3 Å². The maximum atomic E-state index is 9.43. The predicted molar refractivity (Wildman–Crippen MR) is 73.1 cm³/mol. The van der Waals surface area contributed by atoms with E-state index in [1.165, 1.54) is 0 Å². The number of aryl methyl sites for hydroxylation is 1. The lowest BCUT2D eigenvalue weighted by atomic mass is 9.87. The molecule has 100 valence electrons. The van der Waals surface area contributed by atoms with Crippen molar-refractivity contribution >= 4 is 16.7 Å². The molecule has 1 saturated heterocycles. The van der Waals surface area contributed by atoms with Crippen LogP contribution in [0, 0.1) is 12.3 Å². The second-order valence-electron chi connectivity index (χ2n) is 5.20. The minimum absolute atomic E-state index is 0.127. The zero-order valence-electron chi connectivity index (χ0n) is 10.9. The second-order valence-corrected chi connectivity index (χ2v) is 5.20. The van der Waals surface area contributed by atoms with Gasteiger partial charge >= 0.3 is 0 Å². The van der Waals surface area contributed by atoms with Crippen LogP contribution < -0.4 is 5.32 Å². The molecule has 0 atom stereocenters. The monoisotopic (exact) mass is 259 g/mol. The van der Waals surface area contributed by atoms with Crippen LogP contribution in [0.15, 0.2) is 24.5 Å². The van der Waals surface area contributed by atoms with E-state index < -0.39 is 0 Å². The van der Waals surface area contributed by atoms with Crippen LogP contribution in [0.25, 0.3) is 10.9 Å². The summed E-state index contributed by atoms with van der Waals surface area (Å²) >= 11 is 0. The number of aliphatic hydroxyl groups is 1. The Morgan fingerprint density at radius 1 is 1.37 bits per heavy atom. The van der Waals surface area contributed by atoms with Gasteiger partial charge in [0.1, 0.15) is 12.1 Å². The number of hydrogen-bond acceptors (Lipinski definition) is 5. The molecular formula is C14H17N3O2. The molecule has 5 nitrogen and oxygen atoms in total. The minimum atomic E-state index is -0.167. The lowest BCUT2D eigenvalue weighted by Crippen LogP contribution is -2.50. The van der Waals surface area contributed by atoms with E-state index in [4.69, 9.17) is 4.74 Å². The second kappa shape index (κ2) is 4.75. The first-order valence-electron chi connectivity index (χ1n) is 6.37. The van der Waals surface area contributed by atoms with Gasteiger partial charge in [0.05, 0.1) is 30.8 Å².